The molecule has 11 heteroatoms. The number of carbonyl (C=O) groups excluding carboxylic acids is 2. The van der Waals surface area contributed by atoms with E-state index in [0.717, 1.165) is 38.4 Å². The van der Waals surface area contributed by atoms with Crippen LogP contribution in [0.2, 0.25) is 0 Å². The fourth-order valence-corrected chi connectivity index (χ4v) is 6.20. The summed E-state index contributed by atoms with van der Waals surface area (Å²) in [6.07, 6.45) is 5.57. The number of amides is 2. The topological polar surface area (TPSA) is 103 Å². The molecule has 2 amide bonds. The second-order valence-corrected chi connectivity index (χ2v) is 11.4. The average molecular weight is 531 g/mol. The van der Waals surface area contributed by atoms with E-state index in [2.05, 4.69) is 39.2 Å². The van der Waals surface area contributed by atoms with Gasteiger partial charge in [0.25, 0.3) is 5.91 Å². The Kier molecular flexibility index (Phi) is 7.15. The molecule has 2 N–H and O–H groups in total. The number of H-pyrrole nitrogens is 1. The third-order valence-corrected chi connectivity index (χ3v) is 8.52. The lowest BCUT2D eigenvalue weighted by Gasteiger charge is -2.46. The predicted octanol–water partition coefficient (Wildman–Crippen LogP) is 3.33. The average Bonchev–Trinajstić information content (AvgIpc) is 3.46. The predicted molar refractivity (Wildman–Crippen MR) is 137 cm³/mol. The van der Waals surface area contributed by atoms with Crippen molar-refractivity contribution in [3.8, 4) is 17.1 Å². The van der Waals surface area contributed by atoms with E-state index < -0.39 is 5.82 Å². The number of nitrogens with one attached hydrogen (secondary N) is 2. The van der Waals surface area contributed by atoms with E-state index in [1.165, 1.54) is 13.2 Å². The van der Waals surface area contributed by atoms with Gasteiger partial charge in [-0.15, -0.1) is 0 Å². The van der Waals surface area contributed by atoms with E-state index in [0.29, 0.717) is 31.6 Å². The second-order valence-electron chi connectivity index (χ2n) is 11.4. The molecule has 1 spiro atoms. The van der Waals surface area contributed by atoms with Gasteiger partial charge >= 0.3 is 0 Å². The zero-order chi connectivity index (χ0) is 27.1. The molecular formula is C27H36F2N6O3. The zero-order valence-electron chi connectivity index (χ0n) is 22.2. The standard InChI is InChI=1S/C27H36F2N6O3/c1-26(2)15-18(5-9-34(26)11-8-28)31-24(36)17-4-10-35(27(14-17)6-7-27)25(37)22-13-21(32-33-22)19-12-23(38-3)30-16-20(19)29/h12-13,16-18H,4-11,14-15H2,1-3H3,(H,31,36)(H,32,33). The first-order valence-corrected chi connectivity index (χ1v) is 13.3. The highest BCUT2D eigenvalue weighted by Crippen LogP contribution is 2.50. The highest BCUT2D eigenvalue weighted by Gasteiger charge is 2.55. The van der Waals surface area contributed by atoms with E-state index in [4.69, 9.17) is 4.74 Å². The largest absolute Gasteiger partial charge is 0.481 e. The summed E-state index contributed by atoms with van der Waals surface area (Å²) >= 11 is 0. The van der Waals surface area contributed by atoms with Crippen LogP contribution in [0.4, 0.5) is 8.78 Å². The van der Waals surface area contributed by atoms with Gasteiger partial charge in [-0.25, -0.2) is 13.8 Å². The SMILES string of the molecule is COc1cc(-c2cc(C(=O)N3CCC(C(=O)NC4CCN(CCF)C(C)(C)C4)CC34CC4)n[nH]2)c(F)cn1. The van der Waals surface area contributed by atoms with Crippen LogP contribution in [0.15, 0.2) is 18.3 Å². The molecule has 38 heavy (non-hydrogen) atoms. The van der Waals surface area contributed by atoms with Gasteiger partial charge in [-0.05, 0) is 58.4 Å². The van der Waals surface area contributed by atoms with E-state index in [-0.39, 0.29) is 58.7 Å². The normalized spacial score (nSPS) is 24.3. The van der Waals surface area contributed by atoms with Crippen molar-refractivity contribution in [1.82, 2.24) is 30.3 Å². The van der Waals surface area contributed by atoms with Crippen molar-refractivity contribution in [2.24, 2.45) is 5.92 Å². The number of aromatic amines is 1. The van der Waals surface area contributed by atoms with Crippen LogP contribution in [0, 0.1) is 11.7 Å². The first-order valence-electron chi connectivity index (χ1n) is 13.3. The number of carbonyl (C=O) groups is 2. The van der Waals surface area contributed by atoms with Gasteiger partial charge in [0.15, 0.2) is 11.5 Å². The van der Waals surface area contributed by atoms with Crippen LogP contribution in [0.1, 0.15) is 62.9 Å². The van der Waals surface area contributed by atoms with Gasteiger partial charge in [0.2, 0.25) is 11.8 Å². The molecule has 3 fully saturated rings. The number of methoxy groups -OCH3 is 1. The summed E-state index contributed by atoms with van der Waals surface area (Å²) < 4.78 is 32.3. The van der Waals surface area contributed by atoms with Crippen LogP contribution >= 0.6 is 0 Å². The number of alkyl halides is 1. The monoisotopic (exact) mass is 530 g/mol. The Morgan fingerprint density at radius 3 is 2.68 bits per heavy atom. The summed E-state index contributed by atoms with van der Waals surface area (Å²) in [7, 11) is 1.45. The Hall–Kier alpha value is -3.08. The lowest BCUT2D eigenvalue weighted by atomic mass is 9.85. The number of aromatic nitrogens is 3. The molecule has 2 unspecified atom stereocenters. The van der Waals surface area contributed by atoms with Gasteiger partial charge in [-0.1, -0.05) is 0 Å². The number of piperidine rings is 2. The number of ether oxygens (including phenoxy) is 1. The van der Waals surface area contributed by atoms with Gasteiger partial charge in [-0.3, -0.25) is 19.6 Å². The highest BCUT2D eigenvalue weighted by atomic mass is 19.1. The number of hydrogen-bond donors (Lipinski definition) is 2. The van der Waals surface area contributed by atoms with Crippen LogP contribution in [0.3, 0.4) is 0 Å². The highest BCUT2D eigenvalue weighted by molar-refractivity contribution is 5.94. The quantitative estimate of drug-likeness (QED) is 0.569. The van der Waals surface area contributed by atoms with Crippen LogP contribution in [0.25, 0.3) is 11.3 Å². The third-order valence-electron chi connectivity index (χ3n) is 8.52. The summed E-state index contributed by atoms with van der Waals surface area (Å²) in [6, 6.07) is 3.07. The minimum atomic E-state index is -0.546. The van der Waals surface area contributed by atoms with Crippen LogP contribution in [-0.2, 0) is 4.79 Å². The molecule has 1 aliphatic carbocycles. The minimum Gasteiger partial charge on any atom is -0.481 e. The Bertz CT molecular complexity index is 1200. The van der Waals surface area contributed by atoms with E-state index in [1.807, 2.05) is 4.90 Å². The van der Waals surface area contributed by atoms with E-state index in [1.54, 1.807) is 6.07 Å². The van der Waals surface area contributed by atoms with Gasteiger partial charge in [0.05, 0.1) is 19.0 Å². The minimum absolute atomic E-state index is 0.0484. The number of likely N-dealkylation sites (tertiary alicyclic amines) is 2. The van der Waals surface area contributed by atoms with Crippen LogP contribution in [-0.4, -0.2) is 87.3 Å². The fraction of sp³-hybridized carbons (Fsp3) is 0.630. The molecule has 2 aromatic heterocycles. The van der Waals surface area contributed by atoms with Crippen molar-refractivity contribution in [2.75, 3.05) is 33.4 Å². The fourth-order valence-electron chi connectivity index (χ4n) is 6.20. The van der Waals surface area contributed by atoms with Crippen molar-refractivity contribution >= 4 is 11.8 Å². The lowest BCUT2D eigenvalue weighted by molar-refractivity contribution is -0.128. The molecule has 2 saturated heterocycles. The molecular weight excluding hydrogens is 494 g/mol. The Morgan fingerprint density at radius 1 is 1.21 bits per heavy atom. The van der Waals surface area contributed by atoms with Crippen molar-refractivity contribution in [2.45, 2.75) is 69.5 Å². The smallest absolute Gasteiger partial charge is 0.274 e. The van der Waals surface area contributed by atoms with Crippen LogP contribution < -0.4 is 10.1 Å². The number of hydrogen-bond acceptors (Lipinski definition) is 6. The number of rotatable bonds is 7. The van der Waals surface area contributed by atoms with Crippen molar-refractivity contribution in [3.63, 3.8) is 0 Å². The summed E-state index contributed by atoms with van der Waals surface area (Å²) in [5.41, 5.74) is 0.310. The van der Waals surface area contributed by atoms with E-state index >= 15 is 0 Å². The summed E-state index contributed by atoms with van der Waals surface area (Å²) in [5, 5.41) is 10.2. The second kappa shape index (κ2) is 10.2. The summed E-state index contributed by atoms with van der Waals surface area (Å²) in [6.45, 7) is 5.49. The van der Waals surface area contributed by atoms with Crippen molar-refractivity contribution < 1.29 is 23.1 Å². The molecule has 5 rings (SSSR count). The number of nitrogens with zero attached hydrogens (tertiary/aromatic N) is 4. The Labute approximate surface area is 221 Å². The molecule has 2 aliphatic heterocycles. The molecule has 0 aromatic carbocycles. The van der Waals surface area contributed by atoms with Gasteiger partial charge in [0.1, 0.15) is 6.67 Å². The molecule has 0 radical (unpaired) electrons. The summed E-state index contributed by atoms with van der Waals surface area (Å²) in [4.78, 5) is 34.5. The van der Waals surface area contributed by atoms with Gasteiger partial charge in [-0.2, -0.15) is 5.10 Å². The van der Waals surface area contributed by atoms with Crippen LogP contribution in [0.5, 0.6) is 5.88 Å². The number of pyridine rings is 1. The molecule has 9 nitrogen and oxygen atoms in total. The first-order chi connectivity index (χ1) is 18.2. The maximum Gasteiger partial charge on any atom is 0.274 e. The molecule has 3 aliphatic rings. The van der Waals surface area contributed by atoms with Crippen molar-refractivity contribution in [1.29, 1.82) is 0 Å². The maximum absolute atomic E-state index is 14.4. The first kappa shape index (κ1) is 26.5. The van der Waals surface area contributed by atoms with Gasteiger partial charge in [0, 0.05) is 54.3 Å². The van der Waals surface area contributed by atoms with E-state index in [9.17, 15) is 18.4 Å². The lowest BCUT2D eigenvalue weighted by Crippen LogP contribution is -2.57. The zero-order valence-corrected chi connectivity index (χ0v) is 22.2. The maximum atomic E-state index is 14.4. The molecule has 2 atom stereocenters. The Balaban J connectivity index is 1.22. The molecule has 1 saturated carbocycles. The number of halogens is 2. The molecule has 206 valence electrons. The third kappa shape index (κ3) is 5.12. The molecule has 4 heterocycles. The molecule has 0 bridgehead atoms. The molecule has 2 aromatic rings. The Morgan fingerprint density at radius 2 is 2.00 bits per heavy atom. The summed E-state index contributed by atoms with van der Waals surface area (Å²) in [5.74, 6) is -0.605. The van der Waals surface area contributed by atoms with Gasteiger partial charge < -0.3 is 15.0 Å². The van der Waals surface area contributed by atoms with Crippen molar-refractivity contribution in [3.05, 3.63) is 29.8 Å².